The molecule has 0 radical (unpaired) electrons. The van der Waals surface area contributed by atoms with E-state index in [-0.39, 0.29) is 36.8 Å². The lowest BCUT2D eigenvalue weighted by Crippen LogP contribution is -2.53. The molecule has 1 saturated heterocycles. The Labute approximate surface area is 224 Å². The maximum atomic E-state index is 13.5. The molecule has 0 saturated carbocycles. The Morgan fingerprint density at radius 2 is 1.89 bits per heavy atom. The Kier molecular flexibility index (Phi) is 12.2. The highest BCUT2D eigenvalue weighted by Crippen LogP contribution is 2.19. The number of aryl methyl sites for hydroxylation is 1. The first-order valence-electron chi connectivity index (χ1n) is 12.8. The van der Waals surface area contributed by atoms with E-state index in [1.54, 1.807) is 0 Å². The van der Waals surface area contributed by atoms with Crippen molar-refractivity contribution in [1.82, 2.24) is 15.7 Å². The van der Waals surface area contributed by atoms with Crippen molar-refractivity contribution in [2.75, 3.05) is 19.1 Å². The molecule has 0 spiro atoms. The van der Waals surface area contributed by atoms with E-state index in [1.165, 1.54) is 0 Å². The van der Waals surface area contributed by atoms with Gasteiger partial charge >= 0.3 is 5.97 Å². The van der Waals surface area contributed by atoms with Gasteiger partial charge in [0, 0.05) is 19.1 Å². The molecule has 11 nitrogen and oxygen atoms in total. The SMILES string of the molecule is CC[C@H](C)CC(NC(=O)[C@@H]1CCC(=O)N1)ON(C(=O)CCc1ccccc1)[C@@H](CCS(C)(=O)=O)C(=O)OC. The van der Waals surface area contributed by atoms with Crippen molar-refractivity contribution < 1.29 is 37.2 Å². The standard InChI is InChI=1S/C26H39N3O8S/c1-5-18(2)17-23(28-25(32)20-12-13-22(30)27-20)37-29(21(26(33)36-3)15-16-38(4,34)35)24(31)14-11-19-9-7-6-8-10-19/h6-10,18,20-21,23H,5,11-17H2,1-4H3,(H,27,30)(H,28,32)/t18-,20-,21-,23?/m0/s1. The average Bonchev–Trinajstić information content (AvgIpc) is 3.32. The lowest BCUT2D eigenvalue weighted by atomic mass is 10.0. The van der Waals surface area contributed by atoms with Crippen molar-refractivity contribution in [3.05, 3.63) is 35.9 Å². The van der Waals surface area contributed by atoms with E-state index in [1.807, 2.05) is 44.2 Å². The second-order valence-electron chi connectivity index (χ2n) is 9.67. The molecule has 1 heterocycles. The summed E-state index contributed by atoms with van der Waals surface area (Å²) in [6, 6.07) is 7.20. The zero-order valence-corrected chi connectivity index (χ0v) is 23.3. The third-order valence-corrected chi connectivity index (χ3v) is 7.38. The largest absolute Gasteiger partial charge is 0.467 e. The molecule has 2 N–H and O–H groups in total. The second kappa shape index (κ2) is 14.8. The summed E-state index contributed by atoms with van der Waals surface area (Å²) in [6.45, 7) is 3.91. The molecule has 1 aromatic carbocycles. The topological polar surface area (TPSA) is 148 Å². The van der Waals surface area contributed by atoms with Gasteiger partial charge in [-0.25, -0.2) is 23.1 Å². The van der Waals surface area contributed by atoms with E-state index in [9.17, 15) is 27.6 Å². The minimum atomic E-state index is -3.47. The molecule has 0 aliphatic carbocycles. The Bertz CT molecular complexity index is 1060. The van der Waals surface area contributed by atoms with E-state index < -0.39 is 45.9 Å². The van der Waals surface area contributed by atoms with Crippen LogP contribution in [0.4, 0.5) is 0 Å². The highest BCUT2D eigenvalue weighted by Gasteiger charge is 2.36. The first-order valence-corrected chi connectivity index (χ1v) is 14.9. The van der Waals surface area contributed by atoms with Gasteiger partial charge in [0.15, 0.2) is 12.3 Å². The van der Waals surface area contributed by atoms with E-state index in [0.717, 1.165) is 30.4 Å². The Morgan fingerprint density at radius 1 is 1.21 bits per heavy atom. The number of methoxy groups -OCH3 is 1. The number of hydroxylamine groups is 2. The molecule has 212 valence electrons. The average molecular weight is 554 g/mol. The van der Waals surface area contributed by atoms with Crippen LogP contribution >= 0.6 is 0 Å². The van der Waals surface area contributed by atoms with Crippen molar-refractivity contribution >= 4 is 33.5 Å². The minimum absolute atomic E-state index is 0.0287. The van der Waals surface area contributed by atoms with Crippen LogP contribution in [0, 0.1) is 5.92 Å². The predicted molar refractivity (Wildman–Crippen MR) is 140 cm³/mol. The fourth-order valence-electron chi connectivity index (χ4n) is 3.97. The summed E-state index contributed by atoms with van der Waals surface area (Å²) in [5.74, 6) is -2.39. The third kappa shape index (κ3) is 10.4. The predicted octanol–water partition coefficient (Wildman–Crippen LogP) is 1.51. The molecule has 3 amide bonds. The van der Waals surface area contributed by atoms with Crippen LogP contribution in [0.5, 0.6) is 0 Å². The van der Waals surface area contributed by atoms with Crippen molar-refractivity contribution in [3.8, 4) is 0 Å². The van der Waals surface area contributed by atoms with Crippen molar-refractivity contribution in [1.29, 1.82) is 0 Å². The summed E-state index contributed by atoms with van der Waals surface area (Å²) in [7, 11) is -2.33. The molecule has 1 aromatic rings. The molecule has 38 heavy (non-hydrogen) atoms. The van der Waals surface area contributed by atoms with Crippen LogP contribution < -0.4 is 10.6 Å². The first kappa shape index (κ1) is 31.2. The van der Waals surface area contributed by atoms with Crippen LogP contribution in [-0.2, 0) is 45.0 Å². The van der Waals surface area contributed by atoms with Crippen LogP contribution in [0.1, 0.15) is 57.9 Å². The van der Waals surface area contributed by atoms with E-state index in [2.05, 4.69) is 10.6 Å². The van der Waals surface area contributed by atoms with Gasteiger partial charge in [0.2, 0.25) is 17.7 Å². The second-order valence-corrected chi connectivity index (χ2v) is 11.9. The number of esters is 1. The lowest BCUT2D eigenvalue weighted by molar-refractivity contribution is -0.233. The van der Waals surface area contributed by atoms with Gasteiger partial charge in [-0.15, -0.1) is 0 Å². The summed E-state index contributed by atoms with van der Waals surface area (Å²) in [5, 5.41) is 6.21. The van der Waals surface area contributed by atoms with Crippen molar-refractivity contribution in [2.24, 2.45) is 5.92 Å². The number of rotatable bonds is 15. The third-order valence-electron chi connectivity index (χ3n) is 6.40. The summed E-state index contributed by atoms with van der Waals surface area (Å²) in [4.78, 5) is 56.7. The fraction of sp³-hybridized carbons (Fsp3) is 0.615. The number of nitrogens with zero attached hydrogens (tertiary/aromatic N) is 1. The van der Waals surface area contributed by atoms with Crippen LogP contribution in [0.3, 0.4) is 0 Å². The van der Waals surface area contributed by atoms with Gasteiger partial charge in [-0.05, 0) is 37.2 Å². The molecule has 0 bridgehead atoms. The summed E-state index contributed by atoms with van der Waals surface area (Å²) >= 11 is 0. The number of ether oxygens (including phenoxy) is 1. The molecule has 1 aliphatic rings. The summed E-state index contributed by atoms with van der Waals surface area (Å²) < 4.78 is 28.7. The number of hydrogen-bond acceptors (Lipinski definition) is 8. The van der Waals surface area contributed by atoms with E-state index in [0.29, 0.717) is 19.3 Å². The number of sulfone groups is 1. The normalized spacial score (nSPS) is 17.7. The molecule has 1 fully saturated rings. The number of benzene rings is 1. The van der Waals surface area contributed by atoms with Gasteiger partial charge in [-0.3, -0.25) is 14.4 Å². The van der Waals surface area contributed by atoms with Crippen LogP contribution in [0.2, 0.25) is 0 Å². The molecule has 12 heteroatoms. The Balaban J connectivity index is 2.33. The maximum Gasteiger partial charge on any atom is 0.331 e. The van der Waals surface area contributed by atoms with Gasteiger partial charge in [-0.2, -0.15) is 0 Å². The quantitative estimate of drug-likeness (QED) is 0.189. The molecular formula is C26H39N3O8S. The van der Waals surface area contributed by atoms with Crippen LogP contribution in [-0.4, -0.2) is 74.6 Å². The number of carbonyl (C=O) groups excluding carboxylic acids is 4. The zero-order valence-electron chi connectivity index (χ0n) is 22.5. The number of amides is 3. The molecule has 1 unspecified atom stereocenters. The lowest BCUT2D eigenvalue weighted by Gasteiger charge is -2.33. The Hall–Kier alpha value is -2.99. The smallest absolute Gasteiger partial charge is 0.331 e. The monoisotopic (exact) mass is 553 g/mol. The van der Waals surface area contributed by atoms with E-state index >= 15 is 0 Å². The van der Waals surface area contributed by atoms with Crippen LogP contribution in [0.25, 0.3) is 0 Å². The van der Waals surface area contributed by atoms with Gasteiger partial charge in [-0.1, -0.05) is 50.6 Å². The van der Waals surface area contributed by atoms with Gasteiger partial charge in [0.25, 0.3) is 0 Å². The van der Waals surface area contributed by atoms with Crippen molar-refractivity contribution in [3.63, 3.8) is 0 Å². The van der Waals surface area contributed by atoms with Crippen LogP contribution in [0.15, 0.2) is 30.3 Å². The van der Waals surface area contributed by atoms with Crippen molar-refractivity contribution in [2.45, 2.75) is 77.1 Å². The van der Waals surface area contributed by atoms with E-state index in [4.69, 9.17) is 9.57 Å². The highest BCUT2D eigenvalue weighted by atomic mass is 32.2. The number of carbonyl (C=O) groups is 4. The molecule has 2 rings (SSSR count). The fourth-order valence-corrected chi connectivity index (χ4v) is 4.62. The zero-order chi connectivity index (χ0) is 28.3. The maximum absolute atomic E-state index is 13.5. The highest BCUT2D eigenvalue weighted by molar-refractivity contribution is 7.90. The van der Waals surface area contributed by atoms with Gasteiger partial charge < -0.3 is 15.4 Å². The van der Waals surface area contributed by atoms with Gasteiger partial charge in [0.05, 0.1) is 12.9 Å². The Morgan fingerprint density at radius 3 is 2.45 bits per heavy atom. The molecule has 1 aliphatic heterocycles. The summed E-state index contributed by atoms with van der Waals surface area (Å²) in [6.07, 6.45) is 1.74. The molecular weight excluding hydrogens is 514 g/mol. The van der Waals surface area contributed by atoms with Gasteiger partial charge in [0.1, 0.15) is 15.9 Å². The first-order chi connectivity index (χ1) is 17.9. The molecule has 4 atom stereocenters. The minimum Gasteiger partial charge on any atom is -0.467 e. The number of nitrogens with one attached hydrogen (secondary N) is 2. The summed E-state index contributed by atoms with van der Waals surface area (Å²) in [5.41, 5.74) is 0.896. The molecule has 0 aromatic heterocycles. The number of hydrogen-bond donors (Lipinski definition) is 2.